The van der Waals surface area contributed by atoms with Gasteiger partial charge in [-0.2, -0.15) is 0 Å². The van der Waals surface area contributed by atoms with E-state index in [4.69, 9.17) is 11.6 Å². The molecule has 2 aromatic heterocycles. The molecule has 1 N–H and O–H groups in total. The molecular formula is C13H17ClN6. The molecule has 0 saturated heterocycles. The van der Waals surface area contributed by atoms with Crippen LogP contribution in [0.5, 0.6) is 0 Å². The standard InChI is InChI=1S/C13H17ClN6/c1-2-15-7-11-10(14)3-4-12(17-11)19-5-6-20-9-16-18-13(20)8-19/h3-4,9,15H,2,5-8H2,1H3. The number of nitrogens with one attached hydrogen (secondary N) is 1. The number of rotatable bonds is 4. The van der Waals surface area contributed by atoms with E-state index in [1.165, 1.54) is 0 Å². The summed E-state index contributed by atoms with van der Waals surface area (Å²) in [6.45, 7) is 6.17. The van der Waals surface area contributed by atoms with Gasteiger partial charge in [0.2, 0.25) is 0 Å². The first kappa shape index (κ1) is 13.3. The summed E-state index contributed by atoms with van der Waals surface area (Å²) in [4.78, 5) is 6.87. The molecule has 20 heavy (non-hydrogen) atoms. The summed E-state index contributed by atoms with van der Waals surface area (Å²) < 4.78 is 2.08. The Kier molecular flexibility index (Phi) is 3.84. The maximum absolute atomic E-state index is 6.19. The molecule has 106 valence electrons. The van der Waals surface area contributed by atoms with Crippen molar-refractivity contribution in [1.29, 1.82) is 0 Å². The third-order valence-corrected chi connectivity index (χ3v) is 3.75. The molecule has 3 heterocycles. The first-order valence-electron chi connectivity index (χ1n) is 6.75. The van der Waals surface area contributed by atoms with Crippen LogP contribution in [0, 0.1) is 0 Å². The molecule has 0 bridgehead atoms. The summed E-state index contributed by atoms with van der Waals surface area (Å²) in [5.41, 5.74) is 0.887. The van der Waals surface area contributed by atoms with Crippen molar-refractivity contribution in [2.75, 3.05) is 18.0 Å². The number of halogens is 1. The van der Waals surface area contributed by atoms with Gasteiger partial charge in [0.25, 0.3) is 0 Å². The van der Waals surface area contributed by atoms with Crippen LogP contribution in [0.15, 0.2) is 18.5 Å². The highest BCUT2D eigenvalue weighted by Crippen LogP contribution is 2.22. The SMILES string of the molecule is CCNCc1nc(N2CCn3cnnc3C2)ccc1Cl. The van der Waals surface area contributed by atoms with E-state index in [2.05, 4.69) is 36.9 Å². The lowest BCUT2D eigenvalue weighted by molar-refractivity contribution is 0.555. The second-order valence-corrected chi connectivity index (χ2v) is 5.15. The summed E-state index contributed by atoms with van der Waals surface area (Å²) >= 11 is 6.19. The second kappa shape index (κ2) is 5.76. The van der Waals surface area contributed by atoms with E-state index in [1.54, 1.807) is 6.33 Å². The van der Waals surface area contributed by atoms with Gasteiger partial charge < -0.3 is 14.8 Å². The zero-order chi connectivity index (χ0) is 13.9. The third-order valence-electron chi connectivity index (χ3n) is 3.41. The molecule has 0 fully saturated rings. The molecule has 0 amide bonds. The van der Waals surface area contributed by atoms with Crippen molar-refractivity contribution in [2.45, 2.75) is 26.6 Å². The van der Waals surface area contributed by atoms with Crippen LogP contribution in [0.1, 0.15) is 18.4 Å². The number of aromatic nitrogens is 4. The van der Waals surface area contributed by atoms with Crippen LogP contribution in [0.2, 0.25) is 5.02 Å². The van der Waals surface area contributed by atoms with E-state index < -0.39 is 0 Å². The smallest absolute Gasteiger partial charge is 0.152 e. The van der Waals surface area contributed by atoms with Crippen LogP contribution in [-0.4, -0.2) is 32.8 Å². The van der Waals surface area contributed by atoms with Crippen molar-refractivity contribution in [3.8, 4) is 0 Å². The molecular weight excluding hydrogens is 276 g/mol. The summed E-state index contributed by atoms with van der Waals surface area (Å²) in [6, 6.07) is 3.87. The minimum Gasteiger partial charge on any atom is -0.347 e. The zero-order valence-corrected chi connectivity index (χ0v) is 12.1. The Morgan fingerprint density at radius 2 is 2.25 bits per heavy atom. The fourth-order valence-electron chi connectivity index (χ4n) is 2.28. The average molecular weight is 293 g/mol. The lowest BCUT2D eigenvalue weighted by Crippen LogP contribution is -2.34. The minimum absolute atomic E-state index is 0.688. The lowest BCUT2D eigenvalue weighted by Gasteiger charge is -2.28. The summed E-state index contributed by atoms with van der Waals surface area (Å²) in [6.07, 6.45) is 1.78. The molecule has 0 saturated carbocycles. The molecule has 0 aromatic carbocycles. The molecule has 0 atom stereocenters. The predicted molar refractivity (Wildman–Crippen MR) is 77.7 cm³/mol. The topological polar surface area (TPSA) is 58.9 Å². The Morgan fingerprint density at radius 1 is 1.35 bits per heavy atom. The van der Waals surface area contributed by atoms with Crippen LogP contribution in [0.3, 0.4) is 0 Å². The van der Waals surface area contributed by atoms with Gasteiger partial charge in [-0.25, -0.2) is 4.98 Å². The first-order valence-corrected chi connectivity index (χ1v) is 7.13. The molecule has 0 spiro atoms. The maximum Gasteiger partial charge on any atom is 0.152 e. The zero-order valence-electron chi connectivity index (χ0n) is 11.4. The minimum atomic E-state index is 0.688. The summed E-state index contributed by atoms with van der Waals surface area (Å²) in [7, 11) is 0. The van der Waals surface area contributed by atoms with Gasteiger partial charge in [0.15, 0.2) is 5.82 Å². The van der Waals surface area contributed by atoms with Gasteiger partial charge in [0.05, 0.1) is 17.3 Å². The van der Waals surface area contributed by atoms with E-state index in [-0.39, 0.29) is 0 Å². The fraction of sp³-hybridized carbons (Fsp3) is 0.462. The van der Waals surface area contributed by atoms with E-state index in [0.29, 0.717) is 11.6 Å². The van der Waals surface area contributed by atoms with Crippen molar-refractivity contribution < 1.29 is 0 Å². The number of nitrogens with zero attached hydrogens (tertiary/aromatic N) is 5. The predicted octanol–water partition coefficient (Wildman–Crippen LogP) is 1.46. The van der Waals surface area contributed by atoms with Crippen LogP contribution in [0.4, 0.5) is 5.82 Å². The van der Waals surface area contributed by atoms with E-state index in [1.807, 2.05) is 12.1 Å². The Balaban J connectivity index is 1.80. The van der Waals surface area contributed by atoms with E-state index in [9.17, 15) is 0 Å². The highest BCUT2D eigenvalue weighted by atomic mass is 35.5. The largest absolute Gasteiger partial charge is 0.347 e. The lowest BCUT2D eigenvalue weighted by atomic mass is 10.3. The molecule has 6 nitrogen and oxygen atoms in total. The highest BCUT2D eigenvalue weighted by molar-refractivity contribution is 6.31. The first-order chi connectivity index (χ1) is 9.78. The van der Waals surface area contributed by atoms with E-state index >= 15 is 0 Å². The van der Waals surface area contributed by atoms with Crippen LogP contribution in [-0.2, 0) is 19.6 Å². The van der Waals surface area contributed by atoms with Crippen molar-refractivity contribution in [2.24, 2.45) is 0 Å². The van der Waals surface area contributed by atoms with Crippen LogP contribution in [0.25, 0.3) is 0 Å². The fourth-order valence-corrected chi connectivity index (χ4v) is 2.45. The van der Waals surface area contributed by atoms with Gasteiger partial charge in [-0.3, -0.25) is 0 Å². The van der Waals surface area contributed by atoms with Gasteiger partial charge in [0, 0.05) is 19.6 Å². The van der Waals surface area contributed by atoms with E-state index in [0.717, 1.165) is 43.5 Å². The van der Waals surface area contributed by atoms with Crippen LogP contribution >= 0.6 is 11.6 Å². The van der Waals surface area contributed by atoms with Gasteiger partial charge in [-0.15, -0.1) is 10.2 Å². The van der Waals surface area contributed by atoms with Gasteiger partial charge in [0.1, 0.15) is 12.1 Å². The average Bonchev–Trinajstić information content (AvgIpc) is 2.94. The molecule has 1 aliphatic rings. The summed E-state index contributed by atoms with van der Waals surface area (Å²) in [5, 5.41) is 12.0. The molecule has 1 aliphatic heterocycles. The van der Waals surface area contributed by atoms with Crippen molar-refractivity contribution in [3.05, 3.63) is 35.0 Å². The Labute approximate surface area is 122 Å². The number of fused-ring (bicyclic) bond motifs is 1. The molecule has 7 heteroatoms. The molecule has 0 unspecified atom stereocenters. The molecule has 3 rings (SSSR count). The number of pyridine rings is 1. The molecule has 2 aromatic rings. The number of hydrogen-bond acceptors (Lipinski definition) is 5. The second-order valence-electron chi connectivity index (χ2n) is 4.74. The van der Waals surface area contributed by atoms with Gasteiger partial charge in [-0.1, -0.05) is 18.5 Å². The van der Waals surface area contributed by atoms with Crippen molar-refractivity contribution >= 4 is 17.4 Å². The Morgan fingerprint density at radius 3 is 3.10 bits per heavy atom. The van der Waals surface area contributed by atoms with Gasteiger partial charge in [-0.05, 0) is 18.7 Å². The van der Waals surface area contributed by atoms with Crippen molar-refractivity contribution in [3.63, 3.8) is 0 Å². The maximum atomic E-state index is 6.19. The van der Waals surface area contributed by atoms with Crippen LogP contribution < -0.4 is 10.2 Å². The summed E-state index contributed by atoms with van der Waals surface area (Å²) in [5.74, 6) is 1.91. The van der Waals surface area contributed by atoms with Crippen molar-refractivity contribution in [1.82, 2.24) is 25.1 Å². The quantitative estimate of drug-likeness (QED) is 0.924. The third kappa shape index (κ3) is 2.62. The number of anilines is 1. The molecule has 0 aliphatic carbocycles. The highest BCUT2D eigenvalue weighted by Gasteiger charge is 2.19. The Hall–Kier alpha value is -1.66. The normalized spacial score (nSPS) is 14.4. The Bertz CT molecular complexity index is 596. The van der Waals surface area contributed by atoms with Gasteiger partial charge >= 0.3 is 0 Å². The monoisotopic (exact) mass is 292 g/mol. The molecule has 0 radical (unpaired) electrons. The number of hydrogen-bond donors (Lipinski definition) is 1.